The van der Waals surface area contributed by atoms with Crippen LogP contribution in [0.25, 0.3) is 0 Å². The molecular formula is C11H17N3O3S. The van der Waals surface area contributed by atoms with Gasteiger partial charge in [-0.05, 0) is 31.0 Å². The number of hydrogen-bond acceptors (Lipinski definition) is 4. The highest BCUT2D eigenvalue weighted by atomic mass is 32.2. The van der Waals surface area contributed by atoms with Crippen LogP contribution in [0.1, 0.15) is 18.9 Å². The fraction of sp³-hybridized carbons (Fsp3) is 0.364. The number of rotatable bonds is 4. The van der Waals surface area contributed by atoms with Crippen LogP contribution in [0.2, 0.25) is 0 Å². The largest absolute Gasteiger partial charge is 0.398 e. The van der Waals surface area contributed by atoms with Gasteiger partial charge >= 0.3 is 6.03 Å². The summed E-state index contributed by atoms with van der Waals surface area (Å²) in [6, 6.07) is 3.58. The molecule has 1 rings (SSSR count). The van der Waals surface area contributed by atoms with Crippen LogP contribution in [-0.4, -0.2) is 21.0 Å². The van der Waals surface area contributed by atoms with Crippen LogP contribution in [0.15, 0.2) is 23.1 Å². The number of benzene rings is 1. The summed E-state index contributed by atoms with van der Waals surface area (Å²) in [6.45, 7) is 4.06. The molecule has 4 N–H and O–H groups in total. The Morgan fingerprint density at radius 3 is 2.61 bits per heavy atom. The molecule has 0 aliphatic carbocycles. The maximum Gasteiger partial charge on any atom is 0.328 e. The number of aryl methyl sites for hydroxylation is 1. The van der Waals surface area contributed by atoms with E-state index in [-0.39, 0.29) is 4.90 Å². The molecule has 0 radical (unpaired) electrons. The van der Waals surface area contributed by atoms with Gasteiger partial charge in [-0.1, -0.05) is 13.0 Å². The third-order valence-electron chi connectivity index (χ3n) is 2.32. The molecule has 7 heteroatoms. The van der Waals surface area contributed by atoms with E-state index in [0.29, 0.717) is 12.2 Å². The molecular weight excluding hydrogens is 254 g/mol. The minimum atomic E-state index is -3.87. The molecule has 0 aliphatic heterocycles. The molecule has 18 heavy (non-hydrogen) atoms. The second kappa shape index (κ2) is 5.72. The molecule has 100 valence electrons. The lowest BCUT2D eigenvalue weighted by molar-refractivity contribution is 0.246. The number of nitrogens with two attached hydrogens (primary N) is 1. The van der Waals surface area contributed by atoms with E-state index < -0.39 is 16.1 Å². The Morgan fingerprint density at radius 2 is 2.06 bits per heavy atom. The predicted molar refractivity (Wildman–Crippen MR) is 69.6 cm³/mol. The molecule has 6 nitrogen and oxygen atoms in total. The lowest BCUT2D eigenvalue weighted by Gasteiger charge is -2.09. The average molecular weight is 271 g/mol. The molecule has 2 amide bonds. The Morgan fingerprint density at radius 1 is 1.39 bits per heavy atom. The van der Waals surface area contributed by atoms with Crippen molar-refractivity contribution in [1.29, 1.82) is 0 Å². The quantitative estimate of drug-likeness (QED) is 0.710. The molecule has 1 aromatic rings. The zero-order valence-electron chi connectivity index (χ0n) is 10.4. The number of amides is 2. The van der Waals surface area contributed by atoms with Gasteiger partial charge in [-0.25, -0.2) is 17.9 Å². The van der Waals surface area contributed by atoms with Gasteiger partial charge in [-0.3, -0.25) is 0 Å². The van der Waals surface area contributed by atoms with Crippen molar-refractivity contribution >= 4 is 21.7 Å². The number of nitrogen functional groups attached to an aromatic ring is 1. The maximum absolute atomic E-state index is 11.8. The van der Waals surface area contributed by atoms with E-state index in [1.54, 1.807) is 13.0 Å². The van der Waals surface area contributed by atoms with Gasteiger partial charge in [0.2, 0.25) is 0 Å². The predicted octanol–water partition coefficient (Wildman–Crippen LogP) is 0.975. The molecule has 0 saturated carbocycles. The highest BCUT2D eigenvalue weighted by Crippen LogP contribution is 2.16. The van der Waals surface area contributed by atoms with Crippen LogP contribution in [0.5, 0.6) is 0 Å². The van der Waals surface area contributed by atoms with Gasteiger partial charge in [-0.15, -0.1) is 0 Å². The number of urea groups is 1. The first-order valence-electron chi connectivity index (χ1n) is 5.53. The van der Waals surface area contributed by atoms with Crippen molar-refractivity contribution in [2.45, 2.75) is 25.2 Å². The van der Waals surface area contributed by atoms with E-state index in [1.165, 1.54) is 12.1 Å². The van der Waals surface area contributed by atoms with Gasteiger partial charge in [0.25, 0.3) is 10.0 Å². The van der Waals surface area contributed by atoms with Crippen molar-refractivity contribution in [1.82, 2.24) is 10.0 Å². The van der Waals surface area contributed by atoms with Gasteiger partial charge in [0, 0.05) is 12.2 Å². The third-order valence-corrected chi connectivity index (χ3v) is 3.65. The van der Waals surface area contributed by atoms with E-state index in [2.05, 4.69) is 5.32 Å². The summed E-state index contributed by atoms with van der Waals surface area (Å²) in [7, 11) is -3.87. The Labute approximate surface area is 107 Å². The molecule has 0 saturated heterocycles. The fourth-order valence-corrected chi connectivity index (χ4v) is 2.20. The van der Waals surface area contributed by atoms with Crippen LogP contribution in [0.3, 0.4) is 0 Å². The molecule has 0 aromatic heterocycles. The van der Waals surface area contributed by atoms with E-state index in [4.69, 9.17) is 5.73 Å². The fourth-order valence-electron chi connectivity index (χ4n) is 1.24. The average Bonchev–Trinajstić information content (AvgIpc) is 2.29. The SMILES string of the molecule is CCCNC(=O)NS(=O)(=O)c1ccc(C)c(N)c1. The van der Waals surface area contributed by atoms with E-state index in [1.807, 2.05) is 11.6 Å². The second-order valence-electron chi connectivity index (χ2n) is 3.88. The van der Waals surface area contributed by atoms with Crippen LogP contribution in [0.4, 0.5) is 10.5 Å². The van der Waals surface area contributed by atoms with E-state index >= 15 is 0 Å². The highest BCUT2D eigenvalue weighted by molar-refractivity contribution is 7.90. The lowest BCUT2D eigenvalue weighted by atomic mass is 10.2. The standard InChI is InChI=1S/C11H17N3O3S/c1-3-6-13-11(15)14-18(16,17)9-5-4-8(2)10(12)7-9/h4-5,7H,3,6,12H2,1-2H3,(H2,13,14,15). The Kier molecular flexibility index (Phi) is 4.55. The summed E-state index contributed by atoms with van der Waals surface area (Å²) in [5.41, 5.74) is 6.78. The summed E-state index contributed by atoms with van der Waals surface area (Å²) >= 11 is 0. The minimum Gasteiger partial charge on any atom is -0.398 e. The van der Waals surface area contributed by atoms with Gasteiger partial charge in [0.15, 0.2) is 0 Å². The number of carbonyl (C=O) groups excluding carboxylic acids is 1. The van der Waals surface area contributed by atoms with Gasteiger partial charge in [0.05, 0.1) is 4.90 Å². The zero-order valence-corrected chi connectivity index (χ0v) is 11.2. The number of carbonyl (C=O) groups is 1. The third kappa shape index (κ3) is 3.63. The van der Waals surface area contributed by atoms with Crippen LogP contribution in [0, 0.1) is 6.92 Å². The van der Waals surface area contributed by atoms with Crippen molar-refractivity contribution in [3.05, 3.63) is 23.8 Å². The summed E-state index contributed by atoms with van der Waals surface area (Å²) in [5.74, 6) is 0. The summed E-state index contributed by atoms with van der Waals surface area (Å²) < 4.78 is 25.6. The Hall–Kier alpha value is -1.76. The summed E-state index contributed by atoms with van der Waals surface area (Å²) in [4.78, 5) is 11.3. The second-order valence-corrected chi connectivity index (χ2v) is 5.56. The number of sulfonamides is 1. The van der Waals surface area contributed by atoms with Crippen LogP contribution >= 0.6 is 0 Å². The van der Waals surface area contributed by atoms with Crippen LogP contribution < -0.4 is 15.8 Å². The first-order chi connectivity index (χ1) is 8.36. The number of nitrogens with one attached hydrogen (secondary N) is 2. The molecule has 0 aliphatic rings. The molecule has 0 bridgehead atoms. The molecule has 0 heterocycles. The molecule has 1 aromatic carbocycles. The minimum absolute atomic E-state index is 0.0303. The van der Waals surface area contributed by atoms with Crippen molar-refractivity contribution in [2.24, 2.45) is 0 Å². The van der Waals surface area contributed by atoms with E-state index in [9.17, 15) is 13.2 Å². The summed E-state index contributed by atoms with van der Waals surface area (Å²) in [5, 5.41) is 2.42. The van der Waals surface area contributed by atoms with Crippen molar-refractivity contribution in [3.8, 4) is 0 Å². The normalized spacial score (nSPS) is 11.0. The summed E-state index contributed by atoms with van der Waals surface area (Å²) in [6.07, 6.45) is 0.727. The molecule has 0 fully saturated rings. The van der Waals surface area contributed by atoms with Crippen LogP contribution in [-0.2, 0) is 10.0 Å². The van der Waals surface area contributed by atoms with Gasteiger partial charge in [0.1, 0.15) is 0 Å². The van der Waals surface area contributed by atoms with Crippen molar-refractivity contribution in [2.75, 3.05) is 12.3 Å². The topological polar surface area (TPSA) is 101 Å². The Bertz CT molecular complexity index is 540. The molecule has 0 unspecified atom stereocenters. The number of anilines is 1. The van der Waals surface area contributed by atoms with Gasteiger partial charge in [-0.2, -0.15) is 0 Å². The van der Waals surface area contributed by atoms with Gasteiger partial charge < -0.3 is 11.1 Å². The molecule has 0 spiro atoms. The maximum atomic E-state index is 11.8. The van der Waals surface area contributed by atoms with Crippen molar-refractivity contribution in [3.63, 3.8) is 0 Å². The monoisotopic (exact) mass is 271 g/mol. The Balaban J connectivity index is 2.86. The first kappa shape index (κ1) is 14.3. The molecule has 0 atom stereocenters. The van der Waals surface area contributed by atoms with Crippen molar-refractivity contribution < 1.29 is 13.2 Å². The lowest BCUT2D eigenvalue weighted by Crippen LogP contribution is -2.39. The zero-order chi connectivity index (χ0) is 13.8. The highest BCUT2D eigenvalue weighted by Gasteiger charge is 2.17. The smallest absolute Gasteiger partial charge is 0.328 e. The number of hydrogen-bond donors (Lipinski definition) is 3. The van der Waals surface area contributed by atoms with E-state index in [0.717, 1.165) is 12.0 Å². The first-order valence-corrected chi connectivity index (χ1v) is 7.02.